The molecular formula is C14H25NO4. The van der Waals surface area contributed by atoms with Crippen molar-refractivity contribution in [2.45, 2.75) is 52.1 Å². The topological polar surface area (TPSA) is 75.6 Å². The third-order valence-electron chi connectivity index (χ3n) is 3.29. The molecule has 0 aliphatic carbocycles. The van der Waals surface area contributed by atoms with E-state index in [4.69, 9.17) is 9.84 Å². The summed E-state index contributed by atoms with van der Waals surface area (Å²) in [7, 11) is 0. The zero-order chi connectivity index (χ0) is 14.3. The summed E-state index contributed by atoms with van der Waals surface area (Å²) in [6.45, 7) is 5.30. The van der Waals surface area contributed by atoms with Gasteiger partial charge in [0, 0.05) is 19.6 Å². The van der Waals surface area contributed by atoms with Crippen molar-refractivity contribution in [1.82, 2.24) is 5.32 Å². The van der Waals surface area contributed by atoms with Gasteiger partial charge in [-0.2, -0.15) is 0 Å². The Bertz CT molecular complexity index is 298. The lowest BCUT2D eigenvalue weighted by atomic mass is 9.94. The molecule has 1 fully saturated rings. The molecule has 0 bridgehead atoms. The molecule has 1 rings (SSSR count). The average molecular weight is 271 g/mol. The van der Waals surface area contributed by atoms with Crippen molar-refractivity contribution in [2.75, 3.05) is 13.2 Å². The Labute approximate surface area is 114 Å². The fourth-order valence-corrected chi connectivity index (χ4v) is 2.49. The predicted octanol–water partition coefficient (Wildman–Crippen LogP) is 1.81. The number of hydrogen-bond donors (Lipinski definition) is 2. The number of nitrogens with one attached hydrogen (secondary N) is 1. The summed E-state index contributed by atoms with van der Waals surface area (Å²) >= 11 is 0. The minimum atomic E-state index is -0.806. The zero-order valence-corrected chi connectivity index (χ0v) is 11.9. The largest absolute Gasteiger partial charge is 0.481 e. The van der Waals surface area contributed by atoms with E-state index < -0.39 is 5.97 Å². The van der Waals surface area contributed by atoms with E-state index >= 15 is 0 Å². The summed E-state index contributed by atoms with van der Waals surface area (Å²) in [6, 6.07) is 0. The molecule has 1 aliphatic rings. The second-order valence-electron chi connectivity index (χ2n) is 5.74. The van der Waals surface area contributed by atoms with Crippen LogP contribution in [-0.2, 0) is 14.3 Å². The van der Waals surface area contributed by atoms with Crippen LogP contribution in [-0.4, -0.2) is 36.2 Å². The molecule has 19 heavy (non-hydrogen) atoms. The molecule has 0 radical (unpaired) electrons. The quantitative estimate of drug-likeness (QED) is 0.706. The molecule has 1 unspecified atom stereocenters. The van der Waals surface area contributed by atoms with Crippen LogP contribution in [0.15, 0.2) is 0 Å². The minimum Gasteiger partial charge on any atom is -0.481 e. The summed E-state index contributed by atoms with van der Waals surface area (Å²) in [6.07, 6.45) is 3.32. The number of amides is 1. The molecule has 0 spiro atoms. The van der Waals surface area contributed by atoms with Crippen LogP contribution in [0.3, 0.4) is 0 Å². The summed E-state index contributed by atoms with van der Waals surface area (Å²) < 4.78 is 5.40. The molecule has 0 saturated carbocycles. The molecule has 1 aliphatic heterocycles. The van der Waals surface area contributed by atoms with Crippen LogP contribution in [0.2, 0.25) is 0 Å². The highest BCUT2D eigenvalue weighted by Crippen LogP contribution is 2.16. The van der Waals surface area contributed by atoms with Crippen LogP contribution in [0, 0.1) is 11.8 Å². The Balaban J connectivity index is 2.28. The van der Waals surface area contributed by atoms with E-state index in [-0.39, 0.29) is 24.3 Å². The molecule has 2 N–H and O–H groups in total. The Morgan fingerprint density at radius 2 is 2.16 bits per heavy atom. The van der Waals surface area contributed by atoms with Crippen molar-refractivity contribution in [2.24, 2.45) is 11.8 Å². The van der Waals surface area contributed by atoms with Gasteiger partial charge in [-0.15, -0.1) is 0 Å². The second kappa shape index (κ2) is 8.15. The van der Waals surface area contributed by atoms with Gasteiger partial charge in [0.15, 0.2) is 0 Å². The number of rotatable bonds is 8. The first kappa shape index (κ1) is 16.0. The van der Waals surface area contributed by atoms with Crippen LogP contribution in [0.25, 0.3) is 0 Å². The van der Waals surface area contributed by atoms with Gasteiger partial charge in [0.2, 0.25) is 5.91 Å². The van der Waals surface area contributed by atoms with E-state index in [1.807, 2.05) is 0 Å². The number of carboxylic acids is 1. The summed E-state index contributed by atoms with van der Waals surface area (Å²) in [5.41, 5.74) is 0. The minimum absolute atomic E-state index is 0.00551. The van der Waals surface area contributed by atoms with Crippen LogP contribution >= 0.6 is 0 Å². The molecule has 0 aromatic heterocycles. The van der Waals surface area contributed by atoms with Gasteiger partial charge in [-0.1, -0.05) is 13.8 Å². The summed E-state index contributed by atoms with van der Waals surface area (Å²) in [5, 5.41) is 11.7. The molecule has 0 aromatic rings. The smallest absolute Gasteiger partial charge is 0.303 e. The average Bonchev–Trinajstić information content (AvgIpc) is 2.77. The summed E-state index contributed by atoms with van der Waals surface area (Å²) in [5.74, 6) is -0.407. The first-order valence-electron chi connectivity index (χ1n) is 7.07. The second-order valence-corrected chi connectivity index (χ2v) is 5.74. The lowest BCUT2D eigenvalue weighted by Gasteiger charge is -2.18. The van der Waals surface area contributed by atoms with Gasteiger partial charge < -0.3 is 15.2 Å². The van der Waals surface area contributed by atoms with Crippen molar-refractivity contribution in [3.8, 4) is 0 Å². The maximum absolute atomic E-state index is 11.7. The number of carbonyl (C=O) groups is 2. The van der Waals surface area contributed by atoms with Crippen molar-refractivity contribution in [3.05, 3.63) is 0 Å². The normalized spacial score (nSPS) is 20.5. The Kier molecular flexibility index (Phi) is 6.84. The maximum atomic E-state index is 11.7. The Hall–Kier alpha value is -1.10. The van der Waals surface area contributed by atoms with Gasteiger partial charge in [-0.05, 0) is 31.1 Å². The Morgan fingerprint density at radius 3 is 2.68 bits per heavy atom. The zero-order valence-electron chi connectivity index (χ0n) is 11.9. The van der Waals surface area contributed by atoms with E-state index in [1.54, 1.807) is 0 Å². The van der Waals surface area contributed by atoms with Gasteiger partial charge in [0.25, 0.3) is 0 Å². The molecule has 1 saturated heterocycles. The lowest BCUT2D eigenvalue weighted by Crippen LogP contribution is -2.33. The van der Waals surface area contributed by atoms with Crippen LogP contribution < -0.4 is 5.32 Å². The van der Waals surface area contributed by atoms with Gasteiger partial charge in [-0.3, -0.25) is 9.59 Å². The van der Waals surface area contributed by atoms with E-state index in [0.717, 1.165) is 25.9 Å². The van der Waals surface area contributed by atoms with E-state index in [9.17, 15) is 9.59 Å². The maximum Gasteiger partial charge on any atom is 0.303 e. The van der Waals surface area contributed by atoms with Crippen LogP contribution in [0.1, 0.15) is 46.0 Å². The third-order valence-corrected chi connectivity index (χ3v) is 3.29. The molecule has 1 heterocycles. The number of aliphatic carboxylic acids is 1. The molecule has 5 heteroatoms. The van der Waals surface area contributed by atoms with Crippen molar-refractivity contribution in [3.63, 3.8) is 0 Å². The molecule has 2 atom stereocenters. The SMILES string of the molecule is CC(C)C[C@H](CNC(=O)CC1CCCO1)CC(=O)O. The standard InChI is InChI=1S/C14H25NO4/c1-10(2)6-11(7-14(17)18)9-15-13(16)8-12-4-3-5-19-12/h10-12H,3-9H2,1-2H3,(H,15,16)(H,17,18)/t11-,12?/m0/s1. The molecule has 5 nitrogen and oxygen atoms in total. The molecule has 0 aromatic carbocycles. The number of hydrogen-bond acceptors (Lipinski definition) is 3. The number of carboxylic acid groups (broad SMARTS) is 1. The fourth-order valence-electron chi connectivity index (χ4n) is 2.49. The van der Waals surface area contributed by atoms with Gasteiger partial charge in [0.1, 0.15) is 0 Å². The van der Waals surface area contributed by atoms with Crippen LogP contribution in [0.4, 0.5) is 0 Å². The van der Waals surface area contributed by atoms with Gasteiger partial charge in [0.05, 0.1) is 12.5 Å². The van der Waals surface area contributed by atoms with Crippen LogP contribution in [0.5, 0.6) is 0 Å². The van der Waals surface area contributed by atoms with E-state index in [1.165, 1.54) is 0 Å². The highest BCUT2D eigenvalue weighted by Gasteiger charge is 2.20. The number of ether oxygens (including phenoxy) is 1. The Morgan fingerprint density at radius 1 is 1.42 bits per heavy atom. The monoisotopic (exact) mass is 271 g/mol. The molecule has 110 valence electrons. The fraction of sp³-hybridized carbons (Fsp3) is 0.857. The number of carbonyl (C=O) groups excluding carboxylic acids is 1. The highest BCUT2D eigenvalue weighted by atomic mass is 16.5. The summed E-state index contributed by atoms with van der Waals surface area (Å²) in [4.78, 5) is 22.5. The van der Waals surface area contributed by atoms with E-state index in [2.05, 4.69) is 19.2 Å². The lowest BCUT2D eigenvalue weighted by molar-refractivity contribution is -0.138. The van der Waals surface area contributed by atoms with E-state index in [0.29, 0.717) is 18.9 Å². The first-order chi connectivity index (χ1) is 8.97. The van der Waals surface area contributed by atoms with Gasteiger partial charge in [-0.25, -0.2) is 0 Å². The molecular weight excluding hydrogens is 246 g/mol. The van der Waals surface area contributed by atoms with Crippen molar-refractivity contribution >= 4 is 11.9 Å². The van der Waals surface area contributed by atoms with Crippen molar-refractivity contribution < 1.29 is 19.4 Å². The van der Waals surface area contributed by atoms with Gasteiger partial charge >= 0.3 is 5.97 Å². The molecule has 1 amide bonds. The predicted molar refractivity (Wildman–Crippen MR) is 71.8 cm³/mol. The van der Waals surface area contributed by atoms with Crippen molar-refractivity contribution in [1.29, 1.82) is 0 Å². The highest BCUT2D eigenvalue weighted by molar-refractivity contribution is 5.76. The first-order valence-corrected chi connectivity index (χ1v) is 7.07. The third kappa shape index (κ3) is 7.15.